The predicted octanol–water partition coefficient (Wildman–Crippen LogP) is 1.68. The summed E-state index contributed by atoms with van der Waals surface area (Å²) in [5, 5.41) is 5.60. The second-order valence-corrected chi connectivity index (χ2v) is 11.4. The molecule has 0 radical (unpaired) electrons. The molecule has 6 nitrogen and oxygen atoms in total. The van der Waals surface area contributed by atoms with E-state index in [1.807, 2.05) is 6.92 Å². The number of hydrogen-bond acceptors (Lipinski definition) is 3. The summed E-state index contributed by atoms with van der Waals surface area (Å²) in [4.78, 5) is 28.5. The van der Waals surface area contributed by atoms with Crippen molar-refractivity contribution in [1.82, 2.24) is 10.2 Å². The number of hydrogen-bond donors (Lipinski definition) is 2. The lowest BCUT2D eigenvalue weighted by atomic mass is 9.66. The fourth-order valence-corrected chi connectivity index (χ4v) is 7.89. The lowest BCUT2D eigenvalue weighted by molar-refractivity contribution is -0.713. The van der Waals surface area contributed by atoms with Gasteiger partial charge in [0.1, 0.15) is 12.1 Å². The molecule has 0 aromatic carbocycles. The van der Waals surface area contributed by atoms with Crippen molar-refractivity contribution in [2.45, 2.75) is 102 Å². The van der Waals surface area contributed by atoms with Crippen molar-refractivity contribution < 1.29 is 19.6 Å². The standard InChI is InChI=1S/C25H41N3O3/c1-14(2)13-27-24(29)15(3)31-16-8-9-21-20(12-16)18-10-11-26-22-17-6-4-5-7-19(17)25(30)28(21)23(18)22/h14-23,26H,4-13H2,1-3H3,(H,27,29)/p+1/t15-,16?,17?,18?,19?,20?,21?,22?,23?/m0/s1. The summed E-state index contributed by atoms with van der Waals surface area (Å²) >= 11 is 0. The first-order chi connectivity index (χ1) is 15.0. The molecular weight excluding hydrogens is 390 g/mol. The van der Waals surface area contributed by atoms with Crippen LogP contribution in [0.5, 0.6) is 0 Å². The third-order valence-electron chi connectivity index (χ3n) is 9.15. The summed E-state index contributed by atoms with van der Waals surface area (Å²) in [5.41, 5.74) is 0. The minimum Gasteiger partial charge on any atom is -0.365 e. The Morgan fingerprint density at radius 3 is 2.71 bits per heavy atom. The number of amides is 2. The van der Waals surface area contributed by atoms with E-state index in [1.165, 1.54) is 32.2 Å². The molecule has 0 bridgehead atoms. The van der Waals surface area contributed by atoms with E-state index < -0.39 is 6.10 Å². The Kier molecular flexibility index (Phi) is 6.06. The molecule has 8 unspecified atom stereocenters. The molecule has 0 aromatic rings. The molecule has 3 N–H and O–H groups in total. The molecule has 3 saturated heterocycles. The van der Waals surface area contributed by atoms with Crippen molar-refractivity contribution in [1.29, 1.82) is 0 Å². The second-order valence-electron chi connectivity index (χ2n) is 11.4. The third-order valence-corrected chi connectivity index (χ3v) is 9.15. The highest BCUT2D eigenvalue weighted by Crippen LogP contribution is 2.52. The van der Waals surface area contributed by atoms with E-state index in [0.717, 1.165) is 25.7 Å². The zero-order chi connectivity index (χ0) is 21.7. The second kappa shape index (κ2) is 8.66. The topological polar surface area (TPSA) is 75.2 Å². The number of ether oxygens (including phenoxy) is 1. The van der Waals surface area contributed by atoms with Crippen LogP contribution in [0.1, 0.15) is 72.1 Å². The number of fused-ring (bicyclic) bond motifs is 5. The molecule has 5 rings (SSSR count). The van der Waals surface area contributed by atoms with Crippen molar-refractivity contribution >= 4 is 11.8 Å². The maximum absolute atomic E-state index is 13.6. The van der Waals surface area contributed by atoms with Crippen LogP contribution in [0.2, 0.25) is 0 Å². The van der Waals surface area contributed by atoms with Gasteiger partial charge in [0.2, 0.25) is 11.8 Å². The van der Waals surface area contributed by atoms with Crippen LogP contribution in [0.25, 0.3) is 0 Å². The first-order valence-electron chi connectivity index (χ1n) is 13.0. The van der Waals surface area contributed by atoms with Gasteiger partial charge in [-0.15, -0.1) is 0 Å². The number of carbonyl (C=O) groups excluding carboxylic acids is 2. The summed E-state index contributed by atoms with van der Waals surface area (Å²) in [5.74, 6) is 2.99. The van der Waals surface area contributed by atoms with Gasteiger partial charge in [0.05, 0.1) is 18.7 Å². The zero-order valence-corrected chi connectivity index (χ0v) is 19.6. The van der Waals surface area contributed by atoms with Gasteiger partial charge in [-0.1, -0.05) is 26.7 Å². The minimum atomic E-state index is -0.402. The largest absolute Gasteiger partial charge is 0.365 e. The number of nitrogens with two attached hydrogens (primary N) is 1. The molecule has 3 aliphatic heterocycles. The molecule has 31 heavy (non-hydrogen) atoms. The Morgan fingerprint density at radius 1 is 1.10 bits per heavy atom. The Labute approximate surface area is 187 Å². The first kappa shape index (κ1) is 21.7. The van der Waals surface area contributed by atoms with E-state index in [1.54, 1.807) is 0 Å². The number of nitrogens with zero attached hydrogens (tertiary/aromatic N) is 1. The summed E-state index contributed by atoms with van der Waals surface area (Å²) < 4.78 is 6.28. The van der Waals surface area contributed by atoms with E-state index in [9.17, 15) is 9.59 Å². The average molecular weight is 433 g/mol. The molecule has 174 valence electrons. The van der Waals surface area contributed by atoms with Gasteiger partial charge in [-0.25, -0.2) is 0 Å². The summed E-state index contributed by atoms with van der Waals surface area (Å²) in [7, 11) is 0. The lowest BCUT2D eigenvalue weighted by Crippen LogP contribution is -2.98. The third kappa shape index (κ3) is 3.82. The van der Waals surface area contributed by atoms with E-state index in [2.05, 4.69) is 29.4 Å². The molecule has 0 spiro atoms. The summed E-state index contributed by atoms with van der Waals surface area (Å²) in [6, 6.07) is 1.47. The van der Waals surface area contributed by atoms with Crippen LogP contribution < -0.4 is 10.6 Å². The van der Waals surface area contributed by atoms with Crippen molar-refractivity contribution in [2.24, 2.45) is 29.6 Å². The maximum Gasteiger partial charge on any atom is 0.248 e. The molecule has 9 atom stereocenters. The molecule has 5 fully saturated rings. The fraction of sp³-hybridized carbons (Fsp3) is 0.920. The molecule has 3 heterocycles. The van der Waals surface area contributed by atoms with Crippen LogP contribution in [0.3, 0.4) is 0 Å². The van der Waals surface area contributed by atoms with Crippen molar-refractivity contribution in [3.63, 3.8) is 0 Å². The SMILES string of the molecule is CC(C)CNC(=O)[C@H](C)OC1CCC2C(C1)C1CC[NH2+]C3C4CCCCC4C(=O)N2C13. The molecule has 0 aromatic heterocycles. The highest BCUT2D eigenvalue weighted by molar-refractivity contribution is 5.82. The maximum atomic E-state index is 13.6. The smallest absolute Gasteiger partial charge is 0.248 e. The molecule has 2 saturated carbocycles. The van der Waals surface area contributed by atoms with Gasteiger partial charge in [0.25, 0.3) is 0 Å². The van der Waals surface area contributed by atoms with Gasteiger partial charge in [0, 0.05) is 30.8 Å². The summed E-state index contributed by atoms with van der Waals surface area (Å²) in [6.45, 7) is 8.00. The van der Waals surface area contributed by atoms with Crippen molar-refractivity contribution in [3.8, 4) is 0 Å². The molecule has 2 amide bonds. The lowest BCUT2D eigenvalue weighted by Gasteiger charge is -2.50. The number of carbonyl (C=O) groups is 2. The van der Waals surface area contributed by atoms with Crippen LogP contribution >= 0.6 is 0 Å². The molecule has 5 aliphatic rings. The molecule has 2 aliphatic carbocycles. The number of rotatable bonds is 5. The number of quaternary nitrogens is 1. The van der Waals surface area contributed by atoms with Gasteiger partial charge in [-0.2, -0.15) is 0 Å². The highest BCUT2D eigenvalue weighted by atomic mass is 16.5. The van der Waals surface area contributed by atoms with Crippen molar-refractivity contribution in [3.05, 3.63) is 0 Å². The van der Waals surface area contributed by atoms with Gasteiger partial charge in [0.15, 0.2) is 0 Å². The van der Waals surface area contributed by atoms with Gasteiger partial charge in [-0.3, -0.25) is 9.59 Å². The van der Waals surface area contributed by atoms with Gasteiger partial charge < -0.3 is 20.3 Å². The van der Waals surface area contributed by atoms with E-state index in [-0.39, 0.29) is 17.9 Å². The quantitative estimate of drug-likeness (QED) is 0.694. The van der Waals surface area contributed by atoms with Gasteiger partial charge in [-0.05, 0) is 56.8 Å². The fourth-order valence-electron chi connectivity index (χ4n) is 7.89. The zero-order valence-electron chi connectivity index (χ0n) is 19.6. The average Bonchev–Trinajstić information content (AvgIpc) is 3.10. The monoisotopic (exact) mass is 432 g/mol. The van der Waals surface area contributed by atoms with Crippen LogP contribution in [0.15, 0.2) is 0 Å². The number of nitrogens with one attached hydrogen (secondary N) is 1. The molecular formula is C25H42N3O3+. The predicted molar refractivity (Wildman–Crippen MR) is 118 cm³/mol. The van der Waals surface area contributed by atoms with Crippen molar-refractivity contribution in [2.75, 3.05) is 13.1 Å². The normalized spacial score (nSPS) is 42.6. The Morgan fingerprint density at radius 2 is 1.90 bits per heavy atom. The summed E-state index contributed by atoms with van der Waals surface area (Å²) in [6.07, 6.45) is 8.86. The number of piperidine rings is 2. The van der Waals surface area contributed by atoms with Crippen LogP contribution in [-0.2, 0) is 14.3 Å². The van der Waals surface area contributed by atoms with E-state index in [0.29, 0.717) is 54.2 Å². The van der Waals surface area contributed by atoms with E-state index >= 15 is 0 Å². The highest BCUT2D eigenvalue weighted by Gasteiger charge is 2.63. The minimum absolute atomic E-state index is 0.00579. The first-order valence-corrected chi connectivity index (χ1v) is 13.0. The van der Waals surface area contributed by atoms with Gasteiger partial charge >= 0.3 is 0 Å². The van der Waals surface area contributed by atoms with E-state index in [4.69, 9.17) is 4.74 Å². The van der Waals surface area contributed by atoms with Crippen LogP contribution in [0.4, 0.5) is 0 Å². The van der Waals surface area contributed by atoms with Crippen LogP contribution in [0, 0.1) is 29.6 Å². The van der Waals surface area contributed by atoms with Crippen LogP contribution in [-0.4, -0.2) is 60.1 Å². The Bertz CT molecular complexity index is 697. The molecule has 6 heteroatoms. The Hall–Kier alpha value is -1.14. The Balaban J connectivity index is 1.28.